The topological polar surface area (TPSA) is 50.4 Å². The van der Waals surface area contributed by atoms with Crippen molar-refractivity contribution in [2.45, 2.75) is 44.3 Å². The number of halogens is 3. The van der Waals surface area contributed by atoms with Gasteiger partial charge in [0.05, 0.1) is 24.0 Å². The maximum atomic E-state index is 13.2. The van der Waals surface area contributed by atoms with Crippen molar-refractivity contribution in [1.82, 2.24) is 0 Å². The molecule has 2 aromatic carbocycles. The molecule has 0 radical (unpaired) electrons. The van der Waals surface area contributed by atoms with Crippen molar-refractivity contribution in [2.75, 3.05) is 17.7 Å². The Morgan fingerprint density at radius 3 is 2.46 bits per heavy atom. The summed E-state index contributed by atoms with van der Waals surface area (Å²) in [5, 5.41) is 5.92. The molecular formula is C21H23F3N2O2. The zero-order valence-corrected chi connectivity index (χ0v) is 15.6. The summed E-state index contributed by atoms with van der Waals surface area (Å²) < 4.78 is 44.6. The van der Waals surface area contributed by atoms with Crippen LogP contribution in [0.4, 0.5) is 24.5 Å². The molecule has 0 atom stereocenters. The van der Waals surface area contributed by atoms with Gasteiger partial charge in [0.15, 0.2) is 0 Å². The van der Waals surface area contributed by atoms with E-state index in [1.165, 1.54) is 25.7 Å². The van der Waals surface area contributed by atoms with Gasteiger partial charge in [-0.2, -0.15) is 13.2 Å². The Morgan fingerprint density at radius 2 is 1.79 bits per heavy atom. The molecule has 0 aromatic heterocycles. The van der Waals surface area contributed by atoms with E-state index in [4.69, 9.17) is 4.74 Å². The molecule has 3 rings (SSSR count). The number of rotatable bonds is 5. The second kappa shape index (κ2) is 8.54. The molecule has 1 aliphatic carbocycles. The number of benzene rings is 2. The third kappa shape index (κ3) is 4.97. The van der Waals surface area contributed by atoms with Gasteiger partial charge < -0.3 is 15.4 Å². The van der Waals surface area contributed by atoms with E-state index < -0.39 is 17.6 Å². The van der Waals surface area contributed by atoms with Crippen LogP contribution < -0.4 is 15.4 Å². The van der Waals surface area contributed by atoms with Gasteiger partial charge in [-0.3, -0.25) is 4.79 Å². The number of carbonyl (C=O) groups is 1. The molecule has 0 spiro atoms. The van der Waals surface area contributed by atoms with Crippen LogP contribution >= 0.6 is 0 Å². The molecule has 1 aliphatic rings. The highest BCUT2D eigenvalue weighted by molar-refractivity contribution is 6.06. The third-order valence-corrected chi connectivity index (χ3v) is 4.89. The van der Waals surface area contributed by atoms with Gasteiger partial charge in [0.1, 0.15) is 5.75 Å². The van der Waals surface area contributed by atoms with Crippen molar-refractivity contribution in [1.29, 1.82) is 0 Å². The average Bonchev–Trinajstić information content (AvgIpc) is 2.69. The minimum atomic E-state index is -4.49. The molecule has 150 valence electrons. The van der Waals surface area contributed by atoms with Gasteiger partial charge in [-0.05, 0) is 49.2 Å². The Morgan fingerprint density at radius 1 is 1.04 bits per heavy atom. The summed E-state index contributed by atoms with van der Waals surface area (Å²) in [5.41, 5.74) is 0.118. The van der Waals surface area contributed by atoms with E-state index in [-0.39, 0.29) is 11.7 Å². The molecule has 2 aromatic rings. The summed E-state index contributed by atoms with van der Waals surface area (Å²) >= 11 is 0. The molecule has 2 N–H and O–H groups in total. The third-order valence-electron chi connectivity index (χ3n) is 4.89. The Balaban J connectivity index is 1.87. The zero-order chi connectivity index (χ0) is 20.1. The molecule has 1 saturated carbocycles. The highest BCUT2D eigenvalue weighted by atomic mass is 19.4. The summed E-state index contributed by atoms with van der Waals surface area (Å²) in [6.45, 7) is 0. The molecular weight excluding hydrogens is 369 g/mol. The fourth-order valence-corrected chi connectivity index (χ4v) is 3.38. The second-order valence-electron chi connectivity index (χ2n) is 6.92. The van der Waals surface area contributed by atoms with E-state index in [1.807, 2.05) is 0 Å². The number of methoxy groups -OCH3 is 1. The minimum Gasteiger partial charge on any atom is -0.497 e. The van der Waals surface area contributed by atoms with Crippen molar-refractivity contribution in [3.05, 3.63) is 53.6 Å². The van der Waals surface area contributed by atoms with Gasteiger partial charge >= 0.3 is 6.18 Å². The maximum Gasteiger partial charge on any atom is 0.416 e. The number of amides is 1. The lowest BCUT2D eigenvalue weighted by Gasteiger charge is -2.25. The number of anilines is 2. The molecule has 0 heterocycles. The normalized spacial score (nSPS) is 15.1. The zero-order valence-electron chi connectivity index (χ0n) is 15.6. The Hall–Kier alpha value is -2.70. The number of ether oxygens (including phenoxy) is 1. The quantitative estimate of drug-likeness (QED) is 0.685. The summed E-state index contributed by atoms with van der Waals surface area (Å²) in [5.74, 6) is 0.00200. The largest absolute Gasteiger partial charge is 0.497 e. The van der Waals surface area contributed by atoms with Crippen molar-refractivity contribution < 1.29 is 22.7 Å². The molecule has 0 aliphatic heterocycles. The predicted molar refractivity (Wildman–Crippen MR) is 103 cm³/mol. The van der Waals surface area contributed by atoms with Gasteiger partial charge in [-0.25, -0.2) is 0 Å². The van der Waals surface area contributed by atoms with Crippen LogP contribution in [-0.2, 0) is 6.18 Å². The van der Waals surface area contributed by atoms with E-state index >= 15 is 0 Å². The van der Waals surface area contributed by atoms with Crippen LogP contribution in [0.3, 0.4) is 0 Å². The monoisotopic (exact) mass is 392 g/mol. The van der Waals surface area contributed by atoms with E-state index in [9.17, 15) is 18.0 Å². The fraction of sp³-hybridized carbons (Fsp3) is 0.381. The SMILES string of the molecule is COc1cccc(C(=O)Nc2cc(C(F)(F)F)ccc2NC2CCCCC2)c1. The van der Waals surface area contributed by atoms with Crippen LogP contribution in [0.25, 0.3) is 0 Å². The number of hydrogen-bond donors (Lipinski definition) is 2. The highest BCUT2D eigenvalue weighted by Crippen LogP contribution is 2.35. The number of nitrogens with one attached hydrogen (secondary N) is 2. The number of hydrogen-bond acceptors (Lipinski definition) is 3. The van der Waals surface area contributed by atoms with Crippen LogP contribution in [0.2, 0.25) is 0 Å². The van der Waals surface area contributed by atoms with Gasteiger partial charge in [0, 0.05) is 11.6 Å². The fourth-order valence-electron chi connectivity index (χ4n) is 3.38. The Bertz CT molecular complexity index is 831. The highest BCUT2D eigenvalue weighted by Gasteiger charge is 2.31. The van der Waals surface area contributed by atoms with E-state index in [0.29, 0.717) is 17.0 Å². The van der Waals surface area contributed by atoms with Crippen molar-refractivity contribution >= 4 is 17.3 Å². The molecule has 28 heavy (non-hydrogen) atoms. The van der Waals surface area contributed by atoms with Gasteiger partial charge in [-0.1, -0.05) is 25.3 Å². The second-order valence-corrected chi connectivity index (χ2v) is 6.92. The van der Waals surface area contributed by atoms with Crippen LogP contribution in [0.1, 0.15) is 48.0 Å². The van der Waals surface area contributed by atoms with E-state index in [2.05, 4.69) is 10.6 Å². The van der Waals surface area contributed by atoms with Crippen LogP contribution in [0.15, 0.2) is 42.5 Å². The lowest BCUT2D eigenvalue weighted by atomic mass is 9.95. The van der Waals surface area contributed by atoms with E-state index in [1.54, 1.807) is 18.2 Å². The van der Waals surface area contributed by atoms with Gasteiger partial charge in [0.2, 0.25) is 0 Å². The minimum absolute atomic E-state index is 0.119. The van der Waals surface area contributed by atoms with Gasteiger partial charge in [-0.15, -0.1) is 0 Å². The van der Waals surface area contributed by atoms with Crippen molar-refractivity contribution in [3.63, 3.8) is 0 Å². The first-order chi connectivity index (χ1) is 13.4. The van der Waals surface area contributed by atoms with Gasteiger partial charge in [0.25, 0.3) is 5.91 Å². The van der Waals surface area contributed by atoms with Crippen LogP contribution in [-0.4, -0.2) is 19.1 Å². The van der Waals surface area contributed by atoms with Crippen molar-refractivity contribution in [2.24, 2.45) is 0 Å². The van der Waals surface area contributed by atoms with Crippen LogP contribution in [0, 0.1) is 0 Å². The smallest absolute Gasteiger partial charge is 0.416 e. The summed E-state index contributed by atoms with van der Waals surface area (Å²) in [4.78, 5) is 12.6. The lowest BCUT2D eigenvalue weighted by molar-refractivity contribution is -0.137. The summed E-state index contributed by atoms with van der Waals surface area (Å²) in [6.07, 6.45) is 0.783. The average molecular weight is 392 g/mol. The molecule has 4 nitrogen and oxygen atoms in total. The first-order valence-electron chi connectivity index (χ1n) is 9.30. The number of carbonyl (C=O) groups excluding carboxylic acids is 1. The van der Waals surface area contributed by atoms with E-state index in [0.717, 1.165) is 37.8 Å². The molecule has 0 bridgehead atoms. The first-order valence-corrected chi connectivity index (χ1v) is 9.30. The molecule has 7 heteroatoms. The molecule has 1 amide bonds. The summed E-state index contributed by atoms with van der Waals surface area (Å²) in [7, 11) is 1.48. The maximum absolute atomic E-state index is 13.2. The molecule has 1 fully saturated rings. The summed E-state index contributed by atoms with van der Waals surface area (Å²) in [6, 6.07) is 10.1. The lowest BCUT2D eigenvalue weighted by Crippen LogP contribution is -2.24. The Kier molecular flexibility index (Phi) is 6.11. The Labute approximate surface area is 162 Å². The van der Waals surface area contributed by atoms with Crippen LogP contribution in [0.5, 0.6) is 5.75 Å². The molecule has 0 saturated heterocycles. The first kappa shape index (κ1) is 20.0. The molecule has 0 unspecified atom stereocenters. The predicted octanol–water partition coefficient (Wildman–Crippen LogP) is 5.71. The number of alkyl halides is 3. The van der Waals surface area contributed by atoms with Crippen molar-refractivity contribution in [3.8, 4) is 5.75 Å². The standard InChI is InChI=1S/C21H23F3N2O2/c1-28-17-9-5-6-14(12-17)20(27)26-19-13-15(21(22,23)24)10-11-18(19)25-16-7-3-2-4-8-16/h5-6,9-13,16,25H,2-4,7-8H2,1H3,(H,26,27).